The third-order valence-electron chi connectivity index (χ3n) is 6.08. The summed E-state index contributed by atoms with van der Waals surface area (Å²) in [7, 11) is 0. The zero-order valence-corrected chi connectivity index (χ0v) is 19.9. The molecule has 0 unspecified atom stereocenters. The van der Waals surface area contributed by atoms with Crippen LogP contribution in [0.4, 0.5) is 43.9 Å². The minimum Gasteiger partial charge on any atom is -0.252 e. The standard InChI is InChI=1S/C27H16F10N2/c1-25(2,19-7-3-5-17(38-19)13-9-11-15(28)21(23(13)30)26(32,33)34)20-8-4-6-18(39-20)14-10-12-16(29)22(24(14)31)27(35,36)37/h3-12H,1-2H3. The summed E-state index contributed by atoms with van der Waals surface area (Å²) in [4.78, 5) is 8.48. The Labute approximate surface area is 215 Å². The van der Waals surface area contributed by atoms with E-state index in [-0.39, 0.29) is 22.8 Å². The van der Waals surface area contributed by atoms with Crippen LogP contribution in [0.25, 0.3) is 22.5 Å². The van der Waals surface area contributed by atoms with Gasteiger partial charge in [-0.2, -0.15) is 26.3 Å². The first kappa shape index (κ1) is 28.1. The third kappa shape index (κ3) is 5.19. The Morgan fingerprint density at radius 2 is 0.872 bits per heavy atom. The largest absolute Gasteiger partial charge is 0.422 e. The van der Waals surface area contributed by atoms with Crippen molar-refractivity contribution in [3.63, 3.8) is 0 Å². The van der Waals surface area contributed by atoms with Crippen molar-refractivity contribution >= 4 is 0 Å². The van der Waals surface area contributed by atoms with Crippen LogP contribution in [-0.2, 0) is 17.8 Å². The van der Waals surface area contributed by atoms with Gasteiger partial charge in [-0.3, -0.25) is 9.97 Å². The monoisotopic (exact) mass is 558 g/mol. The van der Waals surface area contributed by atoms with Crippen molar-refractivity contribution in [1.29, 1.82) is 0 Å². The topological polar surface area (TPSA) is 25.8 Å². The van der Waals surface area contributed by atoms with Crippen molar-refractivity contribution in [2.75, 3.05) is 0 Å². The molecule has 0 aliphatic heterocycles. The maximum Gasteiger partial charge on any atom is 0.422 e. The average molecular weight is 558 g/mol. The molecule has 0 atom stereocenters. The highest BCUT2D eigenvalue weighted by molar-refractivity contribution is 5.63. The van der Waals surface area contributed by atoms with Crippen LogP contribution >= 0.6 is 0 Å². The summed E-state index contributed by atoms with van der Waals surface area (Å²) in [5, 5.41) is 0. The van der Waals surface area contributed by atoms with Gasteiger partial charge in [0.15, 0.2) is 0 Å². The molecule has 0 spiro atoms. The molecular weight excluding hydrogens is 542 g/mol. The van der Waals surface area contributed by atoms with Crippen molar-refractivity contribution in [1.82, 2.24) is 9.97 Å². The van der Waals surface area contributed by atoms with E-state index < -0.39 is 63.3 Å². The Balaban J connectivity index is 1.80. The molecule has 0 radical (unpaired) electrons. The Morgan fingerprint density at radius 1 is 0.513 bits per heavy atom. The van der Waals surface area contributed by atoms with Crippen LogP contribution < -0.4 is 0 Å². The quantitative estimate of drug-likeness (QED) is 0.234. The van der Waals surface area contributed by atoms with Crippen LogP contribution in [0, 0.1) is 23.3 Å². The van der Waals surface area contributed by atoms with Gasteiger partial charge >= 0.3 is 12.4 Å². The molecule has 0 aliphatic carbocycles. The zero-order valence-electron chi connectivity index (χ0n) is 19.9. The Bertz CT molecular complexity index is 1440. The maximum absolute atomic E-state index is 14.7. The molecule has 0 saturated heterocycles. The first-order chi connectivity index (χ1) is 18.0. The van der Waals surface area contributed by atoms with Crippen LogP contribution in [-0.4, -0.2) is 9.97 Å². The van der Waals surface area contributed by atoms with E-state index >= 15 is 0 Å². The number of aromatic nitrogens is 2. The number of alkyl halides is 6. The van der Waals surface area contributed by atoms with Crippen molar-refractivity contribution in [2.24, 2.45) is 0 Å². The van der Waals surface area contributed by atoms with Gasteiger partial charge in [-0.05, 0) is 62.4 Å². The number of benzene rings is 2. The van der Waals surface area contributed by atoms with Gasteiger partial charge in [-0.25, -0.2) is 17.6 Å². The first-order valence-electron chi connectivity index (χ1n) is 11.1. The fourth-order valence-electron chi connectivity index (χ4n) is 4.02. The van der Waals surface area contributed by atoms with Gasteiger partial charge in [0.05, 0.1) is 22.8 Å². The Hall–Kier alpha value is -3.96. The lowest BCUT2D eigenvalue weighted by Gasteiger charge is -2.25. The van der Waals surface area contributed by atoms with Gasteiger partial charge in [0, 0.05) is 16.5 Å². The van der Waals surface area contributed by atoms with Gasteiger partial charge in [-0.1, -0.05) is 12.1 Å². The van der Waals surface area contributed by atoms with Crippen molar-refractivity contribution < 1.29 is 43.9 Å². The second kappa shape index (κ2) is 9.65. The minimum absolute atomic E-state index is 0.150. The molecule has 204 valence electrons. The van der Waals surface area contributed by atoms with E-state index in [9.17, 15) is 43.9 Å². The summed E-state index contributed by atoms with van der Waals surface area (Å²) >= 11 is 0. The second-order valence-corrected chi connectivity index (χ2v) is 9.00. The number of hydrogen-bond acceptors (Lipinski definition) is 2. The highest BCUT2D eigenvalue weighted by Crippen LogP contribution is 2.40. The first-order valence-corrected chi connectivity index (χ1v) is 11.1. The van der Waals surface area contributed by atoms with Gasteiger partial charge in [0.2, 0.25) is 0 Å². The molecule has 39 heavy (non-hydrogen) atoms. The van der Waals surface area contributed by atoms with Crippen LogP contribution in [0.2, 0.25) is 0 Å². The normalized spacial score (nSPS) is 12.6. The van der Waals surface area contributed by atoms with Crippen LogP contribution in [0.5, 0.6) is 0 Å². The van der Waals surface area contributed by atoms with E-state index in [1.54, 1.807) is 13.8 Å². The Kier molecular flexibility index (Phi) is 6.95. The van der Waals surface area contributed by atoms with Crippen LogP contribution in [0.3, 0.4) is 0 Å². The Morgan fingerprint density at radius 3 is 1.21 bits per heavy atom. The predicted octanol–water partition coefficient (Wildman–Crippen LogP) is 8.73. The summed E-state index contributed by atoms with van der Waals surface area (Å²) in [6.45, 7) is 3.13. The molecule has 4 rings (SSSR count). The van der Waals surface area contributed by atoms with E-state index in [2.05, 4.69) is 9.97 Å². The number of hydrogen-bond donors (Lipinski definition) is 0. The molecular formula is C27H16F10N2. The van der Waals surface area contributed by atoms with Crippen molar-refractivity contribution in [3.8, 4) is 22.5 Å². The van der Waals surface area contributed by atoms with E-state index in [0.717, 1.165) is 12.1 Å². The van der Waals surface area contributed by atoms with Gasteiger partial charge in [-0.15, -0.1) is 0 Å². The average Bonchev–Trinajstić information content (AvgIpc) is 2.82. The fraction of sp³-hybridized carbons (Fsp3) is 0.185. The molecule has 2 aromatic heterocycles. The molecule has 0 N–H and O–H groups in total. The van der Waals surface area contributed by atoms with Crippen molar-refractivity contribution in [3.05, 3.63) is 106 Å². The summed E-state index contributed by atoms with van der Waals surface area (Å²) in [6, 6.07) is 10.6. The number of halogens is 10. The second-order valence-electron chi connectivity index (χ2n) is 9.00. The summed E-state index contributed by atoms with van der Waals surface area (Å²) in [6.07, 6.45) is -10.6. The molecule has 0 bridgehead atoms. The van der Waals surface area contributed by atoms with Crippen LogP contribution in [0.15, 0.2) is 60.7 Å². The number of nitrogens with zero attached hydrogens (tertiary/aromatic N) is 2. The molecule has 2 heterocycles. The predicted molar refractivity (Wildman–Crippen MR) is 121 cm³/mol. The molecule has 0 saturated carbocycles. The third-order valence-corrected chi connectivity index (χ3v) is 6.08. The molecule has 0 aliphatic rings. The summed E-state index contributed by atoms with van der Waals surface area (Å²) < 4.78 is 136. The molecule has 0 amide bonds. The number of rotatable bonds is 4. The van der Waals surface area contributed by atoms with E-state index in [1.165, 1.54) is 36.4 Å². The van der Waals surface area contributed by atoms with Gasteiger partial charge in [0.25, 0.3) is 0 Å². The van der Waals surface area contributed by atoms with E-state index in [1.807, 2.05) is 0 Å². The lowest BCUT2D eigenvalue weighted by atomic mass is 9.84. The van der Waals surface area contributed by atoms with E-state index in [4.69, 9.17) is 0 Å². The SMILES string of the molecule is CC(C)(c1cccc(-c2ccc(F)c(C(F)(F)F)c2F)n1)c1cccc(-c2ccc(F)c(C(F)(F)F)c2F)n1. The summed E-state index contributed by atoms with van der Waals surface area (Å²) in [5.74, 6) is -7.28. The smallest absolute Gasteiger partial charge is 0.252 e. The lowest BCUT2D eigenvalue weighted by Crippen LogP contribution is -2.22. The lowest BCUT2D eigenvalue weighted by molar-refractivity contribution is -0.143. The number of pyridine rings is 2. The molecule has 4 aromatic rings. The molecule has 2 aromatic carbocycles. The molecule has 0 fully saturated rings. The van der Waals surface area contributed by atoms with Gasteiger partial charge in [0.1, 0.15) is 34.4 Å². The zero-order chi connectivity index (χ0) is 28.9. The van der Waals surface area contributed by atoms with Crippen LogP contribution in [0.1, 0.15) is 36.4 Å². The maximum atomic E-state index is 14.7. The highest BCUT2D eigenvalue weighted by Gasteiger charge is 2.40. The summed E-state index contributed by atoms with van der Waals surface area (Å²) in [5.41, 5.74) is -6.76. The highest BCUT2D eigenvalue weighted by atomic mass is 19.4. The fourth-order valence-corrected chi connectivity index (χ4v) is 4.02. The minimum atomic E-state index is -5.30. The molecule has 2 nitrogen and oxygen atoms in total. The van der Waals surface area contributed by atoms with Gasteiger partial charge < -0.3 is 0 Å². The van der Waals surface area contributed by atoms with Crippen molar-refractivity contribution in [2.45, 2.75) is 31.6 Å². The molecule has 12 heteroatoms. The van der Waals surface area contributed by atoms with E-state index in [0.29, 0.717) is 12.1 Å².